The monoisotopic (exact) mass is 632 g/mol. The molecule has 254 valence electrons. The topological polar surface area (TPSA) is 219 Å². The summed E-state index contributed by atoms with van der Waals surface area (Å²) in [5.74, 6) is -3.06. The molecule has 4 amide bonds. The molecule has 0 aromatic rings. The predicted molar refractivity (Wildman–Crippen MR) is 160 cm³/mol. The van der Waals surface area contributed by atoms with Gasteiger partial charge in [-0.2, -0.15) is 0 Å². The third-order valence-electron chi connectivity index (χ3n) is 6.22. The summed E-state index contributed by atoms with van der Waals surface area (Å²) in [7, 11) is 0. The fourth-order valence-electron chi connectivity index (χ4n) is 3.78. The number of carbonyl (C=O) groups excluding carboxylic acids is 4. The van der Waals surface area contributed by atoms with Crippen molar-refractivity contribution in [3.05, 3.63) is 0 Å². The standard InChI is InChI=1S/C29H52N4O11/c1-2-24(34)30-14-17-42-18-16-32-27(37)22-44-21-20-43-19-15-31-25(35)13-12-23(29(40)41)33-26(36)10-8-6-4-3-5-7-9-11-28(38)39/h23H,2-22H2,1H3,(H,30,34)(H,31,35)(H,32,37)(H,33,36)(H,38,39)(H,40,41)/t23-/m1/s1. The zero-order valence-electron chi connectivity index (χ0n) is 26.0. The Morgan fingerprint density at radius 3 is 1.64 bits per heavy atom. The van der Waals surface area contributed by atoms with Crippen LogP contribution in [0, 0.1) is 0 Å². The van der Waals surface area contributed by atoms with E-state index in [4.69, 9.17) is 19.3 Å². The molecule has 0 aromatic heterocycles. The van der Waals surface area contributed by atoms with Gasteiger partial charge in [0.1, 0.15) is 12.6 Å². The molecule has 0 aliphatic rings. The minimum absolute atomic E-state index is 0.0384. The third-order valence-corrected chi connectivity index (χ3v) is 6.22. The zero-order chi connectivity index (χ0) is 32.8. The number of amides is 4. The highest BCUT2D eigenvalue weighted by Gasteiger charge is 2.20. The van der Waals surface area contributed by atoms with E-state index in [-0.39, 0.29) is 82.3 Å². The first-order chi connectivity index (χ1) is 21.1. The van der Waals surface area contributed by atoms with Gasteiger partial charge in [0.15, 0.2) is 0 Å². The summed E-state index contributed by atoms with van der Waals surface area (Å²) < 4.78 is 15.8. The summed E-state index contributed by atoms with van der Waals surface area (Å²) >= 11 is 0. The Hall–Kier alpha value is -3.30. The summed E-state index contributed by atoms with van der Waals surface area (Å²) in [6, 6.07) is -1.15. The molecule has 15 nitrogen and oxygen atoms in total. The van der Waals surface area contributed by atoms with Crippen molar-refractivity contribution in [2.45, 2.75) is 90.0 Å². The minimum Gasteiger partial charge on any atom is -0.481 e. The zero-order valence-corrected chi connectivity index (χ0v) is 26.0. The van der Waals surface area contributed by atoms with Gasteiger partial charge >= 0.3 is 11.9 Å². The molecular weight excluding hydrogens is 580 g/mol. The first kappa shape index (κ1) is 40.7. The molecule has 0 aliphatic heterocycles. The van der Waals surface area contributed by atoms with E-state index >= 15 is 0 Å². The van der Waals surface area contributed by atoms with E-state index in [1.165, 1.54) is 0 Å². The second kappa shape index (κ2) is 28.5. The number of carbonyl (C=O) groups is 6. The SMILES string of the molecule is CCC(=O)NCCOCCNC(=O)COCCOCCNC(=O)CC[C@@H](NC(=O)CCCCCCCCCC(=O)O)C(=O)O. The van der Waals surface area contributed by atoms with Crippen LogP contribution >= 0.6 is 0 Å². The van der Waals surface area contributed by atoms with Gasteiger partial charge in [-0.05, 0) is 19.3 Å². The summed E-state index contributed by atoms with van der Waals surface area (Å²) in [5.41, 5.74) is 0. The fraction of sp³-hybridized carbons (Fsp3) is 0.793. The number of nitrogens with one attached hydrogen (secondary N) is 4. The van der Waals surface area contributed by atoms with Gasteiger partial charge in [0, 0.05) is 45.3 Å². The minimum atomic E-state index is -1.20. The van der Waals surface area contributed by atoms with Gasteiger partial charge in [0.25, 0.3) is 0 Å². The van der Waals surface area contributed by atoms with Gasteiger partial charge in [-0.15, -0.1) is 0 Å². The van der Waals surface area contributed by atoms with Gasteiger partial charge in [-0.1, -0.05) is 39.0 Å². The van der Waals surface area contributed by atoms with Crippen LogP contribution in [0.2, 0.25) is 0 Å². The Bertz CT molecular complexity index is 842. The average Bonchev–Trinajstić information content (AvgIpc) is 2.98. The number of carboxylic acids is 2. The first-order valence-corrected chi connectivity index (χ1v) is 15.4. The maximum atomic E-state index is 12.1. The highest BCUT2D eigenvalue weighted by atomic mass is 16.5. The average molecular weight is 633 g/mol. The van der Waals surface area contributed by atoms with Crippen molar-refractivity contribution in [3.63, 3.8) is 0 Å². The van der Waals surface area contributed by atoms with E-state index in [9.17, 15) is 33.9 Å². The Morgan fingerprint density at radius 2 is 1.07 bits per heavy atom. The van der Waals surface area contributed by atoms with Gasteiger partial charge in [-0.3, -0.25) is 24.0 Å². The van der Waals surface area contributed by atoms with E-state index in [1.807, 2.05) is 0 Å². The van der Waals surface area contributed by atoms with Crippen molar-refractivity contribution < 1.29 is 53.2 Å². The Balaban J connectivity index is 3.72. The normalized spacial score (nSPS) is 11.4. The molecule has 44 heavy (non-hydrogen) atoms. The Morgan fingerprint density at radius 1 is 0.568 bits per heavy atom. The lowest BCUT2D eigenvalue weighted by Crippen LogP contribution is -2.41. The Labute approximate surface area is 259 Å². The van der Waals surface area contributed by atoms with E-state index in [2.05, 4.69) is 21.3 Å². The molecule has 0 saturated carbocycles. The summed E-state index contributed by atoms with van der Waals surface area (Å²) in [6.07, 6.45) is 6.54. The van der Waals surface area contributed by atoms with Crippen molar-refractivity contribution in [1.29, 1.82) is 0 Å². The largest absolute Gasteiger partial charge is 0.481 e. The second-order valence-electron chi connectivity index (χ2n) is 10.0. The van der Waals surface area contributed by atoms with E-state index in [1.54, 1.807) is 6.92 Å². The summed E-state index contributed by atoms with van der Waals surface area (Å²) in [5, 5.41) is 28.4. The molecule has 0 heterocycles. The molecule has 0 rings (SSSR count). The van der Waals surface area contributed by atoms with Crippen LogP contribution in [0.4, 0.5) is 0 Å². The van der Waals surface area contributed by atoms with Crippen LogP contribution in [0.25, 0.3) is 0 Å². The van der Waals surface area contributed by atoms with Crippen LogP contribution in [0.3, 0.4) is 0 Å². The number of rotatable bonds is 30. The fourth-order valence-corrected chi connectivity index (χ4v) is 3.78. The molecule has 15 heteroatoms. The van der Waals surface area contributed by atoms with Crippen LogP contribution in [0.5, 0.6) is 0 Å². The number of hydrogen-bond acceptors (Lipinski definition) is 9. The van der Waals surface area contributed by atoms with Crippen LogP contribution in [0.1, 0.15) is 84.0 Å². The van der Waals surface area contributed by atoms with Gasteiger partial charge in [0.2, 0.25) is 23.6 Å². The second-order valence-corrected chi connectivity index (χ2v) is 10.0. The molecule has 0 spiro atoms. The molecule has 0 fully saturated rings. The van der Waals surface area contributed by atoms with Gasteiger partial charge in [0.05, 0.1) is 33.0 Å². The lowest BCUT2D eigenvalue weighted by Gasteiger charge is -2.14. The van der Waals surface area contributed by atoms with Crippen molar-refractivity contribution in [2.24, 2.45) is 0 Å². The molecule has 0 saturated heterocycles. The number of carboxylic acid groups (broad SMARTS) is 2. The maximum Gasteiger partial charge on any atom is 0.326 e. The molecule has 1 atom stereocenters. The molecule has 0 unspecified atom stereocenters. The number of ether oxygens (including phenoxy) is 3. The van der Waals surface area contributed by atoms with Crippen molar-refractivity contribution in [3.8, 4) is 0 Å². The summed E-state index contributed by atoms with van der Waals surface area (Å²) in [4.78, 5) is 68.9. The first-order valence-electron chi connectivity index (χ1n) is 15.4. The number of aliphatic carboxylic acids is 2. The van der Waals surface area contributed by atoms with Gasteiger partial charge in [-0.25, -0.2) is 4.79 Å². The van der Waals surface area contributed by atoms with E-state index < -0.39 is 18.0 Å². The predicted octanol–water partition coefficient (Wildman–Crippen LogP) is 0.740. The van der Waals surface area contributed by atoms with Crippen LogP contribution in [-0.4, -0.2) is 111 Å². The molecule has 0 bridgehead atoms. The molecule has 0 aliphatic carbocycles. The lowest BCUT2D eigenvalue weighted by atomic mass is 10.1. The van der Waals surface area contributed by atoms with Crippen molar-refractivity contribution in [1.82, 2.24) is 21.3 Å². The van der Waals surface area contributed by atoms with Crippen LogP contribution in [-0.2, 0) is 43.0 Å². The van der Waals surface area contributed by atoms with Crippen molar-refractivity contribution >= 4 is 35.6 Å². The number of hydrogen-bond donors (Lipinski definition) is 6. The van der Waals surface area contributed by atoms with E-state index in [0.29, 0.717) is 45.6 Å². The highest BCUT2D eigenvalue weighted by molar-refractivity contribution is 5.84. The highest BCUT2D eigenvalue weighted by Crippen LogP contribution is 2.10. The maximum absolute atomic E-state index is 12.1. The lowest BCUT2D eigenvalue weighted by molar-refractivity contribution is -0.142. The van der Waals surface area contributed by atoms with Crippen molar-refractivity contribution in [2.75, 3.05) is 59.3 Å². The van der Waals surface area contributed by atoms with Crippen LogP contribution in [0.15, 0.2) is 0 Å². The van der Waals surface area contributed by atoms with Crippen LogP contribution < -0.4 is 21.3 Å². The number of unbranched alkanes of at least 4 members (excludes halogenated alkanes) is 6. The summed E-state index contributed by atoms with van der Waals surface area (Å²) in [6.45, 7) is 3.87. The third kappa shape index (κ3) is 27.5. The Kier molecular flexibility index (Phi) is 26.3. The molecular formula is C29H52N4O11. The smallest absolute Gasteiger partial charge is 0.326 e. The molecule has 6 N–H and O–H groups in total. The molecule has 0 aromatic carbocycles. The molecule has 0 radical (unpaired) electrons. The quantitative estimate of drug-likeness (QED) is 0.0607. The van der Waals surface area contributed by atoms with Gasteiger partial charge < -0.3 is 45.7 Å². The van der Waals surface area contributed by atoms with E-state index in [0.717, 1.165) is 32.1 Å².